The summed E-state index contributed by atoms with van der Waals surface area (Å²) in [5.74, 6) is 1.77. The van der Waals surface area contributed by atoms with Crippen LogP contribution >= 0.6 is 23.2 Å². The van der Waals surface area contributed by atoms with Crippen LogP contribution in [0.4, 0.5) is 11.5 Å². The Morgan fingerprint density at radius 1 is 1.20 bits per heavy atom. The Morgan fingerprint density at radius 2 is 2.07 bits per heavy atom. The van der Waals surface area contributed by atoms with Crippen LogP contribution in [-0.4, -0.2) is 49.5 Å². The highest BCUT2D eigenvalue weighted by atomic mass is 35.5. The number of rotatable bonds is 6. The number of fused-ring (bicyclic) bond motifs is 1. The standard InChI is InChI=1S/C21H22Cl2N4O3/c1-12-3-4-15(20(23)19(12)22)27-21-14-7-17(28-2)18(8-16(14)25-11-26-21)30-10-13-9-24-5-6-29-13/h3-4,7-8,11,13,24H,5-6,9-10H2,1-2H3,(H,25,26,27). The molecule has 30 heavy (non-hydrogen) atoms. The zero-order valence-electron chi connectivity index (χ0n) is 16.7. The lowest BCUT2D eigenvalue weighted by Crippen LogP contribution is -2.41. The van der Waals surface area contributed by atoms with Gasteiger partial charge in [-0.3, -0.25) is 0 Å². The van der Waals surface area contributed by atoms with Gasteiger partial charge in [0.05, 0.1) is 35.0 Å². The lowest BCUT2D eigenvalue weighted by atomic mass is 10.2. The number of methoxy groups -OCH3 is 1. The van der Waals surface area contributed by atoms with E-state index in [-0.39, 0.29) is 6.10 Å². The largest absolute Gasteiger partial charge is 0.493 e. The number of aryl methyl sites for hydroxylation is 1. The number of nitrogens with zero attached hydrogens (tertiary/aromatic N) is 2. The average Bonchev–Trinajstić information content (AvgIpc) is 2.78. The Morgan fingerprint density at radius 3 is 2.83 bits per heavy atom. The molecule has 3 aromatic rings. The smallest absolute Gasteiger partial charge is 0.163 e. The van der Waals surface area contributed by atoms with Crippen molar-refractivity contribution >= 4 is 45.6 Å². The van der Waals surface area contributed by atoms with Crippen molar-refractivity contribution in [2.45, 2.75) is 13.0 Å². The summed E-state index contributed by atoms with van der Waals surface area (Å²) in [5.41, 5.74) is 2.27. The van der Waals surface area contributed by atoms with Crippen LogP contribution in [0.15, 0.2) is 30.6 Å². The molecule has 7 nitrogen and oxygen atoms in total. The number of hydrogen-bond donors (Lipinski definition) is 2. The van der Waals surface area contributed by atoms with Gasteiger partial charge in [0.25, 0.3) is 0 Å². The van der Waals surface area contributed by atoms with E-state index in [9.17, 15) is 0 Å². The minimum Gasteiger partial charge on any atom is -0.493 e. The molecular formula is C21H22Cl2N4O3. The van der Waals surface area contributed by atoms with Gasteiger partial charge in [-0.15, -0.1) is 0 Å². The van der Waals surface area contributed by atoms with Gasteiger partial charge in [-0.2, -0.15) is 0 Å². The van der Waals surface area contributed by atoms with E-state index >= 15 is 0 Å². The minimum atomic E-state index is -0.00444. The van der Waals surface area contributed by atoms with Crippen LogP contribution < -0.4 is 20.1 Å². The van der Waals surface area contributed by atoms with E-state index in [4.69, 9.17) is 37.4 Å². The van der Waals surface area contributed by atoms with Crippen LogP contribution in [0.2, 0.25) is 10.0 Å². The number of hydrogen-bond acceptors (Lipinski definition) is 7. The predicted octanol–water partition coefficient (Wildman–Crippen LogP) is 4.36. The molecule has 1 atom stereocenters. The molecule has 1 aromatic heterocycles. The van der Waals surface area contributed by atoms with Gasteiger partial charge in [-0.05, 0) is 24.6 Å². The first-order valence-electron chi connectivity index (χ1n) is 9.56. The quantitative estimate of drug-likeness (QED) is 0.579. The molecule has 0 saturated carbocycles. The summed E-state index contributed by atoms with van der Waals surface area (Å²) >= 11 is 12.7. The van der Waals surface area contributed by atoms with Crippen molar-refractivity contribution in [1.82, 2.24) is 15.3 Å². The van der Waals surface area contributed by atoms with E-state index in [1.54, 1.807) is 7.11 Å². The van der Waals surface area contributed by atoms with E-state index in [1.165, 1.54) is 6.33 Å². The summed E-state index contributed by atoms with van der Waals surface area (Å²) in [4.78, 5) is 8.75. The normalized spacial score (nSPS) is 16.5. The fourth-order valence-electron chi connectivity index (χ4n) is 3.22. The molecule has 0 radical (unpaired) electrons. The maximum Gasteiger partial charge on any atom is 0.163 e. The maximum atomic E-state index is 6.40. The van der Waals surface area contributed by atoms with Crippen molar-refractivity contribution in [2.24, 2.45) is 0 Å². The maximum absolute atomic E-state index is 6.40. The molecule has 0 bridgehead atoms. The van der Waals surface area contributed by atoms with E-state index < -0.39 is 0 Å². The Labute approximate surface area is 184 Å². The summed E-state index contributed by atoms with van der Waals surface area (Å²) in [6.45, 7) is 4.61. The van der Waals surface area contributed by atoms with Crippen molar-refractivity contribution in [3.63, 3.8) is 0 Å². The second-order valence-electron chi connectivity index (χ2n) is 6.93. The number of aromatic nitrogens is 2. The lowest BCUT2D eigenvalue weighted by molar-refractivity contribution is -0.000235. The van der Waals surface area contributed by atoms with Crippen LogP contribution in [0.25, 0.3) is 10.9 Å². The topological polar surface area (TPSA) is 77.5 Å². The molecule has 1 saturated heterocycles. The van der Waals surface area contributed by atoms with Gasteiger partial charge >= 0.3 is 0 Å². The van der Waals surface area contributed by atoms with Crippen LogP contribution in [0.5, 0.6) is 11.5 Å². The molecule has 9 heteroatoms. The third-order valence-electron chi connectivity index (χ3n) is 4.88. The molecule has 1 aliphatic rings. The Kier molecular flexibility index (Phi) is 6.43. The highest BCUT2D eigenvalue weighted by Crippen LogP contribution is 2.37. The van der Waals surface area contributed by atoms with Crippen molar-refractivity contribution < 1.29 is 14.2 Å². The number of ether oxygens (including phenoxy) is 3. The summed E-state index contributed by atoms with van der Waals surface area (Å²) < 4.78 is 17.2. The summed E-state index contributed by atoms with van der Waals surface area (Å²) in [6, 6.07) is 7.44. The number of nitrogens with one attached hydrogen (secondary N) is 2. The molecule has 158 valence electrons. The van der Waals surface area contributed by atoms with Crippen LogP contribution in [0, 0.1) is 6.92 Å². The molecule has 0 amide bonds. The SMILES string of the molecule is COc1cc2c(Nc3ccc(C)c(Cl)c3Cl)ncnc2cc1OCC1CNCCO1. The molecule has 1 fully saturated rings. The third kappa shape index (κ3) is 4.39. The molecule has 2 heterocycles. The number of anilines is 2. The molecule has 0 aliphatic carbocycles. The summed E-state index contributed by atoms with van der Waals surface area (Å²) in [6.07, 6.45) is 1.48. The fourth-order valence-corrected chi connectivity index (χ4v) is 3.64. The van der Waals surface area contributed by atoms with Gasteiger partial charge in [0.2, 0.25) is 0 Å². The minimum absolute atomic E-state index is 0.00444. The van der Waals surface area contributed by atoms with Gasteiger partial charge in [0.1, 0.15) is 24.9 Å². The van der Waals surface area contributed by atoms with Crippen molar-refractivity contribution in [2.75, 3.05) is 38.7 Å². The number of halogens is 2. The van der Waals surface area contributed by atoms with Crippen molar-refractivity contribution in [3.8, 4) is 11.5 Å². The van der Waals surface area contributed by atoms with E-state index in [2.05, 4.69) is 20.6 Å². The van der Waals surface area contributed by atoms with Gasteiger partial charge < -0.3 is 24.8 Å². The predicted molar refractivity (Wildman–Crippen MR) is 119 cm³/mol. The summed E-state index contributed by atoms with van der Waals surface area (Å²) in [5, 5.41) is 8.25. The van der Waals surface area contributed by atoms with Gasteiger partial charge in [0.15, 0.2) is 11.5 Å². The highest BCUT2D eigenvalue weighted by Gasteiger charge is 2.17. The van der Waals surface area contributed by atoms with E-state index in [0.717, 1.165) is 24.0 Å². The zero-order valence-corrected chi connectivity index (χ0v) is 18.2. The van der Waals surface area contributed by atoms with E-state index in [0.29, 0.717) is 51.8 Å². The molecule has 2 N–H and O–H groups in total. The van der Waals surface area contributed by atoms with Gasteiger partial charge in [-0.25, -0.2) is 9.97 Å². The van der Waals surface area contributed by atoms with Crippen molar-refractivity contribution in [1.29, 1.82) is 0 Å². The van der Waals surface area contributed by atoms with Crippen LogP contribution in [-0.2, 0) is 4.74 Å². The molecular weight excluding hydrogens is 427 g/mol. The summed E-state index contributed by atoms with van der Waals surface area (Å²) in [7, 11) is 1.60. The average molecular weight is 449 g/mol. The van der Waals surface area contributed by atoms with Crippen LogP contribution in [0.1, 0.15) is 5.56 Å². The highest BCUT2D eigenvalue weighted by molar-refractivity contribution is 6.44. The molecule has 2 aromatic carbocycles. The van der Waals surface area contributed by atoms with E-state index in [1.807, 2.05) is 31.2 Å². The Hall–Kier alpha value is -2.32. The lowest BCUT2D eigenvalue weighted by Gasteiger charge is -2.24. The number of benzene rings is 2. The third-order valence-corrected chi connectivity index (χ3v) is 5.85. The number of morpholine rings is 1. The first kappa shape index (κ1) is 20.9. The van der Waals surface area contributed by atoms with Crippen molar-refractivity contribution in [3.05, 3.63) is 46.2 Å². The van der Waals surface area contributed by atoms with Crippen LogP contribution in [0.3, 0.4) is 0 Å². The monoisotopic (exact) mass is 448 g/mol. The second-order valence-corrected chi connectivity index (χ2v) is 7.69. The first-order valence-corrected chi connectivity index (χ1v) is 10.3. The van der Waals surface area contributed by atoms with Gasteiger partial charge in [0, 0.05) is 24.5 Å². The molecule has 1 unspecified atom stereocenters. The molecule has 0 spiro atoms. The fraction of sp³-hybridized carbons (Fsp3) is 0.333. The first-order chi connectivity index (χ1) is 14.6. The Balaban J connectivity index is 1.63. The zero-order chi connectivity index (χ0) is 21.1. The van der Waals surface area contributed by atoms with Gasteiger partial charge in [-0.1, -0.05) is 29.3 Å². The second kappa shape index (κ2) is 9.22. The Bertz CT molecular complexity index is 1060. The molecule has 4 rings (SSSR count). The molecule has 1 aliphatic heterocycles.